The van der Waals surface area contributed by atoms with Crippen LogP contribution in [0.3, 0.4) is 0 Å². The first-order valence-electron chi connectivity index (χ1n) is 10.8. The summed E-state index contributed by atoms with van der Waals surface area (Å²) in [5.74, 6) is 0.637. The highest BCUT2D eigenvalue weighted by Gasteiger charge is 2.35. The first-order chi connectivity index (χ1) is 13.9. The monoisotopic (exact) mass is 439 g/mol. The molecule has 3 rings (SSSR count). The number of carbonyl (C=O) groups is 2. The van der Waals surface area contributed by atoms with Crippen LogP contribution in [-0.4, -0.2) is 44.8 Å². The third kappa shape index (κ3) is 6.35. The van der Waals surface area contributed by atoms with Crippen molar-refractivity contribution < 1.29 is 14.7 Å². The first-order valence-corrected chi connectivity index (χ1v) is 12.6. The average molecular weight is 440 g/mol. The van der Waals surface area contributed by atoms with Crippen LogP contribution >= 0.6 is 23.1 Å². The Morgan fingerprint density at radius 1 is 1.17 bits per heavy atom. The number of anilines is 1. The number of amides is 2. The second-order valence-corrected chi connectivity index (χ2v) is 10.9. The molecule has 0 atom stereocenters. The molecule has 2 N–H and O–H groups in total. The van der Waals surface area contributed by atoms with Crippen LogP contribution in [-0.2, 0) is 4.79 Å². The zero-order valence-electron chi connectivity index (χ0n) is 17.4. The highest BCUT2D eigenvalue weighted by atomic mass is 32.2. The topological polar surface area (TPSA) is 82.5 Å². The summed E-state index contributed by atoms with van der Waals surface area (Å²) in [5, 5.41) is 12.4. The second-order valence-electron chi connectivity index (χ2n) is 8.61. The Morgan fingerprint density at radius 3 is 2.45 bits per heavy atom. The van der Waals surface area contributed by atoms with Crippen LogP contribution in [0.1, 0.15) is 71.6 Å². The van der Waals surface area contributed by atoms with E-state index in [1.165, 1.54) is 55.2 Å². The highest BCUT2D eigenvalue weighted by molar-refractivity contribution is 8.01. The molecule has 2 saturated carbocycles. The van der Waals surface area contributed by atoms with Crippen molar-refractivity contribution in [1.29, 1.82) is 0 Å². The molecule has 0 bridgehead atoms. The van der Waals surface area contributed by atoms with Gasteiger partial charge in [-0.3, -0.25) is 10.1 Å². The first kappa shape index (κ1) is 22.4. The van der Waals surface area contributed by atoms with Crippen molar-refractivity contribution in [2.75, 3.05) is 11.1 Å². The van der Waals surface area contributed by atoms with Gasteiger partial charge < -0.3 is 10.0 Å². The number of aromatic nitrogens is 1. The Kier molecular flexibility index (Phi) is 8.24. The van der Waals surface area contributed by atoms with Crippen LogP contribution in [0.4, 0.5) is 9.93 Å². The average Bonchev–Trinajstić information content (AvgIpc) is 3.15. The normalized spacial score (nSPS) is 23.1. The molecule has 0 saturated heterocycles. The molecular weight excluding hydrogens is 406 g/mol. The van der Waals surface area contributed by atoms with E-state index in [0.717, 1.165) is 35.8 Å². The Bertz CT molecular complexity index is 680. The lowest BCUT2D eigenvalue weighted by molar-refractivity contribution is -0.133. The molecule has 8 heteroatoms. The Labute approximate surface area is 181 Å². The Balaban J connectivity index is 1.65. The minimum Gasteiger partial charge on any atom is -0.481 e. The molecule has 0 spiro atoms. The van der Waals surface area contributed by atoms with Crippen LogP contribution < -0.4 is 5.32 Å². The van der Waals surface area contributed by atoms with Crippen molar-refractivity contribution >= 4 is 40.2 Å². The van der Waals surface area contributed by atoms with Crippen molar-refractivity contribution in [3.8, 4) is 0 Å². The van der Waals surface area contributed by atoms with E-state index in [4.69, 9.17) is 5.11 Å². The second kappa shape index (κ2) is 10.7. The highest BCUT2D eigenvalue weighted by Crippen LogP contribution is 2.36. The molecular formula is C21H33N3O3S2. The third-order valence-electron chi connectivity index (χ3n) is 6.32. The van der Waals surface area contributed by atoms with Gasteiger partial charge in [-0.15, -0.1) is 11.8 Å². The summed E-state index contributed by atoms with van der Waals surface area (Å²) >= 11 is 2.58. The van der Waals surface area contributed by atoms with E-state index < -0.39 is 5.97 Å². The molecule has 162 valence electrons. The molecule has 1 heterocycles. The predicted molar refractivity (Wildman–Crippen MR) is 119 cm³/mol. The lowest BCUT2D eigenvalue weighted by Gasteiger charge is -2.43. The smallest absolute Gasteiger partial charge is 0.324 e. The van der Waals surface area contributed by atoms with Gasteiger partial charge in [0.1, 0.15) is 0 Å². The van der Waals surface area contributed by atoms with Crippen LogP contribution in [0.25, 0.3) is 0 Å². The molecule has 0 radical (unpaired) electrons. The fraction of sp³-hybridized carbons (Fsp3) is 0.762. The van der Waals surface area contributed by atoms with E-state index in [1.807, 2.05) is 0 Å². The molecule has 0 aliphatic heterocycles. The summed E-state index contributed by atoms with van der Waals surface area (Å²) < 4.78 is 0.810. The van der Waals surface area contributed by atoms with Gasteiger partial charge in [0, 0.05) is 12.1 Å². The predicted octanol–water partition coefficient (Wildman–Crippen LogP) is 5.70. The zero-order chi connectivity index (χ0) is 20.8. The van der Waals surface area contributed by atoms with Crippen molar-refractivity contribution in [2.24, 2.45) is 11.8 Å². The minimum atomic E-state index is -0.852. The Morgan fingerprint density at radius 2 is 1.83 bits per heavy atom. The number of urea groups is 1. The summed E-state index contributed by atoms with van der Waals surface area (Å²) in [4.78, 5) is 30.5. The minimum absolute atomic E-state index is 0.00285. The van der Waals surface area contributed by atoms with Gasteiger partial charge in [0.15, 0.2) is 5.13 Å². The third-order valence-corrected chi connectivity index (χ3v) is 8.41. The number of thioether (sulfide) groups is 1. The summed E-state index contributed by atoms with van der Waals surface area (Å²) in [6, 6.07) is 0.605. The van der Waals surface area contributed by atoms with E-state index in [9.17, 15) is 9.59 Å². The van der Waals surface area contributed by atoms with Crippen LogP contribution in [0.2, 0.25) is 0 Å². The number of carboxylic acid groups (broad SMARTS) is 1. The van der Waals surface area contributed by atoms with Gasteiger partial charge in [0.05, 0.1) is 16.2 Å². The summed E-state index contributed by atoms with van der Waals surface area (Å²) in [5.41, 5.74) is 0. The SMILES string of the molecule is CC(C)C1CCC(N(C(=O)Nc2ncc(SCC(=O)O)s2)C2CCCCC2)CC1. The maximum atomic E-state index is 13.3. The molecule has 0 aromatic carbocycles. The van der Waals surface area contributed by atoms with E-state index >= 15 is 0 Å². The quantitative estimate of drug-likeness (QED) is 0.532. The van der Waals surface area contributed by atoms with E-state index in [1.54, 1.807) is 6.20 Å². The van der Waals surface area contributed by atoms with Crippen molar-refractivity contribution in [2.45, 2.75) is 87.9 Å². The number of nitrogens with one attached hydrogen (secondary N) is 1. The Hall–Kier alpha value is -1.28. The number of carboxylic acids is 1. The standard InChI is InChI=1S/C21H33N3O3S2/c1-14(2)15-8-10-17(11-9-15)24(16-6-4-3-5-7-16)21(27)23-20-22-12-19(29-20)28-13-18(25)26/h12,14-17H,3-11,13H2,1-2H3,(H,25,26)(H,22,23,27). The lowest BCUT2D eigenvalue weighted by atomic mass is 9.78. The van der Waals surface area contributed by atoms with Gasteiger partial charge in [0.2, 0.25) is 0 Å². The molecule has 6 nitrogen and oxygen atoms in total. The maximum absolute atomic E-state index is 13.3. The molecule has 1 aromatic rings. The largest absolute Gasteiger partial charge is 0.481 e. The van der Waals surface area contributed by atoms with Crippen LogP contribution in [0.15, 0.2) is 10.4 Å². The zero-order valence-corrected chi connectivity index (χ0v) is 19.1. The van der Waals surface area contributed by atoms with Gasteiger partial charge in [-0.1, -0.05) is 44.4 Å². The number of carbonyl (C=O) groups excluding carboxylic acids is 1. The van der Waals surface area contributed by atoms with Crippen molar-refractivity contribution in [3.05, 3.63) is 6.20 Å². The summed E-state index contributed by atoms with van der Waals surface area (Å²) in [6.45, 7) is 4.61. The number of hydrogen-bond acceptors (Lipinski definition) is 5. The number of aliphatic carboxylic acids is 1. The molecule has 29 heavy (non-hydrogen) atoms. The fourth-order valence-electron chi connectivity index (χ4n) is 4.71. The lowest BCUT2D eigenvalue weighted by Crippen LogP contribution is -2.51. The van der Waals surface area contributed by atoms with Crippen molar-refractivity contribution in [1.82, 2.24) is 9.88 Å². The molecule has 2 aliphatic rings. The van der Waals surface area contributed by atoms with E-state index in [0.29, 0.717) is 23.1 Å². The van der Waals surface area contributed by atoms with Crippen LogP contribution in [0.5, 0.6) is 0 Å². The number of thiazole rings is 1. The van der Waals surface area contributed by atoms with Crippen LogP contribution in [0, 0.1) is 11.8 Å². The number of rotatable bonds is 7. The molecule has 0 unspecified atom stereocenters. The summed E-state index contributed by atoms with van der Waals surface area (Å²) in [7, 11) is 0. The fourth-order valence-corrected chi connectivity index (χ4v) is 6.29. The van der Waals surface area contributed by atoms with Gasteiger partial charge in [-0.2, -0.15) is 0 Å². The maximum Gasteiger partial charge on any atom is 0.324 e. The van der Waals surface area contributed by atoms with Gasteiger partial charge >= 0.3 is 12.0 Å². The number of hydrogen-bond donors (Lipinski definition) is 2. The number of nitrogens with zero attached hydrogens (tertiary/aromatic N) is 2. The molecule has 2 fully saturated rings. The van der Waals surface area contributed by atoms with Gasteiger partial charge in [0.25, 0.3) is 0 Å². The molecule has 2 aliphatic carbocycles. The van der Waals surface area contributed by atoms with Gasteiger partial charge in [-0.05, 0) is 50.4 Å². The van der Waals surface area contributed by atoms with E-state index in [-0.39, 0.29) is 11.8 Å². The van der Waals surface area contributed by atoms with E-state index in [2.05, 4.69) is 29.0 Å². The van der Waals surface area contributed by atoms with Crippen molar-refractivity contribution in [3.63, 3.8) is 0 Å². The van der Waals surface area contributed by atoms with Gasteiger partial charge in [-0.25, -0.2) is 9.78 Å². The molecule has 1 aromatic heterocycles. The molecule has 2 amide bonds. The summed E-state index contributed by atoms with van der Waals surface area (Å²) in [6.07, 6.45) is 12.1.